The van der Waals surface area contributed by atoms with Crippen LogP contribution in [-0.2, 0) is 6.54 Å². The highest BCUT2D eigenvalue weighted by Crippen LogP contribution is 2.21. The molecule has 2 aromatic heterocycles. The molecule has 134 valence electrons. The van der Waals surface area contributed by atoms with Crippen LogP contribution in [-0.4, -0.2) is 22.1 Å². The number of pyridine rings is 1. The quantitative estimate of drug-likeness (QED) is 0.730. The molecule has 1 aromatic carbocycles. The fraction of sp³-hybridized carbons (Fsp3) is 0.250. The number of nitrogens with one attached hydrogen (secondary N) is 1. The van der Waals surface area contributed by atoms with Crippen molar-refractivity contribution < 1.29 is 9.13 Å². The fourth-order valence-corrected chi connectivity index (χ4v) is 2.73. The van der Waals surface area contributed by atoms with Crippen molar-refractivity contribution in [3.63, 3.8) is 0 Å². The summed E-state index contributed by atoms with van der Waals surface area (Å²) >= 11 is 0. The van der Waals surface area contributed by atoms with Gasteiger partial charge in [-0.2, -0.15) is 0 Å². The summed E-state index contributed by atoms with van der Waals surface area (Å²) in [4.78, 5) is 13.1. The third-order valence-corrected chi connectivity index (χ3v) is 4.27. The monoisotopic (exact) mass is 352 g/mol. The Hall–Kier alpha value is -2.86. The van der Waals surface area contributed by atoms with Gasteiger partial charge in [0.1, 0.15) is 11.6 Å². The lowest BCUT2D eigenvalue weighted by molar-refractivity contribution is 0.412. The first-order valence-electron chi connectivity index (χ1n) is 8.38. The van der Waals surface area contributed by atoms with Crippen LogP contribution in [0, 0.1) is 12.7 Å². The number of ether oxygens (including phenoxy) is 1. The maximum Gasteiger partial charge on any atom is 0.159 e. The van der Waals surface area contributed by atoms with E-state index in [1.54, 1.807) is 31.6 Å². The molecule has 0 aliphatic rings. The zero-order chi connectivity index (χ0) is 18.5. The lowest BCUT2D eigenvalue weighted by atomic mass is 10.1. The topological polar surface area (TPSA) is 59.9 Å². The first kappa shape index (κ1) is 17.9. The summed E-state index contributed by atoms with van der Waals surface area (Å²) in [5, 5.41) is 3.32. The molecule has 6 heteroatoms. The van der Waals surface area contributed by atoms with Crippen LogP contribution in [0.5, 0.6) is 5.75 Å². The van der Waals surface area contributed by atoms with Gasteiger partial charge in [0, 0.05) is 53.6 Å². The Labute approximate surface area is 152 Å². The van der Waals surface area contributed by atoms with Crippen LogP contribution < -0.4 is 10.1 Å². The van der Waals surface area contributed by atoms with Crippen molar-refractivity contribution in [2.24, 2.45) is 0 Å². The smallest absolute Gasteiger partial charge is 0.159 e. The van der Waals surface area contributed by atoms with Crippen LogP contribution >= 0.6 is 0 Å². The van der Waals surface area contributed by atoms with E-state index in [9.17, 15) is 4.39 Å². The van der Waals surface area contributed by atoms with Gasteiger partial charge >= 0.3 is 0 Å². The number of halogens is 1. The summed E-state index contributed by atoms with van der Waals surface area (Å²) < 4.78 is 19.1. The second-order valence-electron chi connectivity index (χ2n) is 6.03. The summed E-state index contributed by atoms with van der Waals surface area (Å²) in [6.45, 7) is 4.34. The minimum atomic E-state index is -0.258. The van der Waals surface area contributed by atoms with E-state index < -0.39 is 0 Å². The van der Waals surface area contributed by atoms with Gasteiger partial charge < -0.3 is 10.1 Å². The minimum absolute atomic E-state index is 0.0212. The van der Waals surface area contributed by atoms with Crippen molar-refractivity contribution in [3.8, 4) is 17.1 Å². The van der Waals surface area contributed by atoms with Crippen LogP contribution in [0.4, 0.5) is 4.39 Å². The molecule has 2 heterocycles. The molecule has 0 amide bonds. The zero-order valence-corrected chi connectivity index (χ0v) is 15.0. The van der Waals surface area contributed by atoms with Gasteiger partial charge in [-0.05, 0) is 44.2 Å². The second kappa shape index (κ2) is 8.01. The van der Waals surface area contributed by atoms with Gasteiger partial charge in [0.05, 0.1) is 7.11 Å². The Balaban J connectivity index is 1.73. The summed E-state index contributed by atoms with van der Waals surface area (Å²) in [5.41, 5.74) is 3.35. The fourth-order valence-electron chi connectivity index (χ4n) is 2.73. The number of aromatic nitrogens is 3. The molecule has 0 radical (unpaired) electrons. The highest BCUT2D eigenvalue weighted by molar-refractivity contribution is 5.53. The number of methoxy groups -OCH3 is 1. The Kier molecular flexibility index (Phi) is 5.53. The highest BCUT2D eigenvalue weighted by Gasteiger charge is 2.13. The van der Waals surface area contributed by atoms with Gasteiger partial charge in [0.15, 0.2) is 5.82 Å². The lowest BCUT2D eigenvalue weighted by Crippen LogP contribution is -2.20. The molecule has 3 rings (SSSR count). The minimum Gasteiger partial charge on any atom is -0.497 e. The van der Waals surface area contributed by atoms with Gasteiger partial charge in [0.2, 0.25) is 0 Å². The zero-order valence-electron chi connectivity index (χ0n) is 15.0. The molecule has 0 aliphatic heterocycles. The predicted molar refractivity (Wildman–Crippen MR) is 98.2 cm³/mol. The van der Waals surface area contributed by atoms with Crippen LogP contribution in [0.25, 0.3) is 11.4 Å². The first-order chi connectivity index (χ1) is 12.6. The van der Waals surface area contributed by atoms with Crippen molar-refractivity contribution >= 4 is 0 Å². The number of hydrogen-bond acceptors (Lipinski definition) is 5. The average Bonchev–Trinajstić information content (AvgIpc) is 2.67. The van der Waals surface area contributed by atoms with E-state index in [2.05, 4.69) is 20.3 Å². The highest BCUT2D eigenvalue weighted by atomic mass is 19.1. The van der Waals surface area contributed by atoms with E-state index in [0.29, 0.717) is 23.7 Å². The Morgan fingerprint density at radius 3 is 2.65 bits per heavy atom. The normalized spacial score (nSPS) is 12.0. The van der Waals surface area contributed by atoms with Crippen molar-refractivity contribution in [1.29, 1.82) is 0 Å². The molecule has 0 saturated heterocycles. The van der Waals surface area contributed by atoms with E-state index >= 15 is 0 Å². The molecule has 0 aliphatic carbocycles. The number of hydrogen-bond donors (Lipinski definition) is 1. The van der Waals surface area contributed by atoms with Gasteiger partial charge in [0.25, 0.3) is 0 Å². The maximum absolute atomic E-state index is 14.0. The molecule has 1 N–H and O–H groups in total. The second-order valence-corrected chi connectivity index (χ2v) is 6.03. The standard InChI is InChI=1S/C20H21FN4O/c1-13(23-11-16-10-17(26-3)4-5-19(16)21)18-12-24-20(25-14(18)2)15-6-8-22-9-7-15/h4-10,12-13,23H,11H2,1-3H3/t13-/m0/s1. The van der Waals surface area contributed by atoms with Crippen LogP contribution in [0.3, 0.4) is 0 Å². The SMILES string of the molecule is COc1ccc(F)c(CN[C@@H](C)c2cnc(-c3ccncc3)nc2C)c1. The summed E-state index contributed by atoms with van der Waals surface area (Å²) in [6, 6.07) is 8.46. The largest absolute Gasteiger partial charge is 0.497 e. The van der Waals surface area contributed by atoms with Gasteiger partial charge in [-0.25, -0.2) is 14.4 Å². The van der Waals surface area contributed by atoms with E-state index in [-0.39, 0.29) is 11.9 Å². The Bertz CT molecular complexity index is 886. The van der Waals surface area contributed by atoms with Crippen molar-refractivity contribution in [1.82, 2.24) is 20.3 Å². The third kappa shape index (κ3) is 4.03. The van der Waals surface area contributed by atoms with Crippen molar-refractivity contribution in [2.45, 2.75) is 26.4 Å². The molecule has 5 nitrogen and oxygen atoms in total. The average molecular weight is 352 g/mol. The van der Waals surface area contributed by atoms with Gasteiger partial charge in [-0.3, -0.25) is 4.98 Å². The van der Waals surface area contributed by atoms with Crippen LogP contribution in [0.2, 0.25) is 0 Å². The van der Waals surface area contributed by atoms with Crippen molar-refractivity contribution in [3.05, 3.63) is 71.6 Å². The lowest BCUT2D eigenvalue weighted by Gasteiger charge is -2.17. The van der Waals surface area contributed by atoms with Crippen molar-refractivity contribution in [2.75, 3.05) is 7.11 Å². The predicted octanol–water partition coefficient (Wildman–Crippen LogP) is 3.85. The van der Waals surface area contributed by atoms with Gasteiger partial charge in [-0.15, -0.1) is 0 Å². The van der Waals surface area contributed by atoms with Crippen LogP contribution in [0.1, 0.15) is 29.8 Å². The molecule has 0 unspecified atom stereocenters. The van der Waals surface area contributed by atoms with Crippen LogP contribution in [0.15, 0.2) is 48.9 Å². The number of aryl methyl sites for hydroxylation is 1. The number of nitrogens with zero attached hydrogens (tertiary/aromatic N) is 3. The number of rotatable bonds is 6. The first-order valence-corrected chi connectivity index (χ1v) is 8.38. The summed E-state index contributed by atoms with van der Waals surface area (Å²) in [5.74, 6) is 1.04. The Morgan fingerprint density at radius 1 is 1.19 bits per heavy atom. The maximum atomic E-state index is 14.0. The Morgan fingerprint density at radius 2 is 1.96 bits per heavy atom. The molecule has 3 aromatic rings. The molecular weight excluding hydrogens is 331 g/mol. The summed E-state index contributed by atoms with van der Waals surface area (Å²) in [7, 11) is 1.57. The summed E-state index contributed by atoms with van der Waals surface area (Å²) in [6.07, 6.45) is 5.25. The van der Waals surface area contributed by atoms with E-state index in [1.807, 2.05) is 32.2 Å². The molecule has 0 bridgehead atoms. The molecule has 0 fully saturated rings. The molecule has 1 atom stereocenters. The van der Waals surface area contributed by atoms with E-state index in [4.69, 9.17) is 4.74 Å². The van der Waals surface area contributed by atoms with E-state index in [1.165, 1.54) is 6.07 Å². The third-order valence-electron chi connectivity index (χ3n) is 4.27. The number of benzene rings is 1. The molecule has 0 saturated carbocycles. The van der Waals surface area contributed by atoms with Gasteiger partial charge in [-0.1, -0.05) is 0 Å². The molecular formula is C20H21FN4O. The molecule has 0 spiro atoms. The van der Waals surface area contributed by atoms with E-state index in [0.717, 1.165) is 16.8 Å². The molecule has 26 heavy (non-hydrogen) atoms.